The van der Waals surface area contributed by atoms with Crippen molar-refractivity contribution in [1.82, 2.24) is 15.6 Å². The molecule has 1 aromatic carbocycles. The van der Waals surface area contributed by atoms with Crippen LogP contribution in [0.2, 0.25) is 0 Å². The number of rotatable bonds is 8. The molecule has 0 spiro atoms. The molecule has 1 aliphatic rings. The Balaban J connectivity index is 0.000000460. The molecule has 0 atom stereocenters. The van der Waals surface area contributed by atoms with E-state index in [0.29, 0.717) is 0 Å². The maximum absolute atomic E-state index is 9.93. The first-order chi connectivity index (χ1) is 13.2. The van der Waals surface area contributed by atoms with Crippen LogP contribution in [0.15, 0.2) is 36.5 Å². The Labute approximate surface area is 166 Å². The van der Waals surface area contributed by atoms with Crippen LogP contribution in [0.25, 0.3) is 0 Å². The van der Waals surface area contributed by atoms with E-state index in [-0.39, 0.29) is 0 Å². The van der Waals surface area contributed by atoms with Crippen LogP contribution in [0, 0.1) is 6.92 Å². The van der Waals surface area contributed by atoms with Gasteiger partial charge in [0, 0.05) is 19.8 Å². The zero-order valence-electron chi connectivity index (χ0n) is 18.0. The van der Waals surface area contributed by atoms with E-state index >= 15 is 0 Å². The van der Waals surface area contributed by atoms with Gasteiger partial charge in [0.25, 0.3) is 0 Å². The number of aryl methyl sites for hydroxylation is 1. The van der Waals surface area contributed by atoms with Crippen molar-refractivity contribution in [2.24, 2.45) is 0 Å². The van der Waals surface area contributed by atoms with Crippen molar-refractivity contribution in [3.63, 3.8) is 0 Å². The van der Waals surface area contributed by atoms with E-state index in [9.17, 15) is 4.79 Å². The highest BCUT2D eigenvalue weighted by atomic mass is 16.1. The third-order valence-electron chi connectivity index (χ3n) is 4.15. The number of carbonyl (C=O) groups is 1. The standard InChI is InChI=1S/C11H16N2.C9H18N2O.C2H6/c1-4-8-13(12-3)11-7-5-6-10(2)9-11;12-9-10-5-4-8-11-6-2-1-3-7-11;1-2/h4-9,12H,1-3H3;9H,1-8H2,(H,10,12);1-2H3/b8-4-;;. The monoisotopic (exact) mass is 376 g/mol. The van der Waals surface area contributed by atoms with E-state index in [4.69, 9.17) is 0 Å². The lowest BCUT2D eigenvalue weighted by Gasteiger charge is -2.26. The van der Waals surface area contributed by atoms with Gasteiger partial charge in [0.2, 0.25) is 6.41 Å². The van der Waals surface area contributed by atoms with Crippen molar-refractivity contribution in [1.29, 1.82) is 0 Å². The number of nitrogens with one attached hydrogen (secondary N) is 2. The predicted molar refractivity (Wildman–Crippen MR) is 118 cm³/mol. The number of nitrogens with zero attached hydrogens (tertiary/aromatic N) is 2. The average molecular weight is 377 g/mol. The summed E-state index contributed by atoms with van der Waals surface area (Å²) in [5.41, 5.74) is 5.51. The fourth-order valence-electron chi connectivity index (χ4n) is 2.86. The zero-order valence-corrected chi connectivity index (χ0v) is 18.0. The largest absolute Gasteiger partial charge is 0.359 e. The minimum atomic E-state index is 0.774. The van der Waals surface area contributed by atoms with Gasteiger partial charge in [-0.15, -0.1) is 0 Å². The first-order valence-electron chi connectivity index (χ1n) is 10.3. The Morgan fingerprint density at radius 2 is 1.89 bits per heavy atom. The molecule has 0 bridgehead atoms. The summed E-state index contributed by atoms with van der Waals surface area (Å²) in [4.78, 5) is 12.4. The first-order valence-corrected chi connectivity index (χ1v) is 10.3. The maximum Gasteiger partial charge on any atom is 0.207 e. The zero-order chi connectivity index (χ0) is 20.3. The fourth-order valence-corrected chi connectivity index (χ4v) is 2.86. The summed E-state index contributed by atoms with van der Waals surface area (Å²) in [5.74, 6) is 0. The van der Waals surface area contributed by atoms with Gasteiger partial charge in [-0.1, -0.05) is 38.5 Å². The van der Waals surface area contributed by atoms with E-state index < -0.39 is 0 Å². The lowest BCUT2D eigenvalue weighted by molar-refractivity contribution is -0.109. The van der Waals surface area contributed by atoms with Crippen molar-refractivity contribution < 1.29 is 4.79 Å². The Kier molecular flexibility index (Phi) is 16.4. The number of carbonyl (C=O) groups excluding carboxylic acids is 1. The summed E-state index contributed by atoms with van der Waals surface area (Å²) in [6.07, 6.45) is 9.94. The van der Waals surface area contributed by atoms with Gasteiger partial charge < -0.3 is 10.2 Å². The van der Waals surface area contributed by atoms with Crippen molar-refractivity contribution in [2.75, 3.05) is 38.2 Å². The molecular weight excluding hydrogens is 336 g/mol. The summed E-state index contributed by atoms with van der Waals surface area (Å²) in [7, 11) is 1.91. The molecule has 1 amide bonds. The highest BCUT2D eigenvalue weighted by Gasteiger charge is 2.08. The molecule has 0 aromatic heterocycles. The molecule has 2 rings (SSSR count). The van der Waals surface area contributed by atoms with Crippen LogP contribution in [0.4, 0.5) is 5.69 Å². The van der Waals surface area contributed by atoms with Gasteiger partial charge in [-0.25, -0.2) is 5.43 Å². The number of piperidine rings is 1. The smallest absolute Gasteiger partial charge is 0.207 e. The Morgan fingerprint density at radius 3 is 2.44 bits per heavy atom. The highest BCUT2D eigenvalue weighted by Crippen LogP contribution is 2.13. The number of anilines is 1. The van der Waals surface area contributed by atoms with Crippen molar-refractivity contribution in [2.45, 2.75) is 53.4 Å². The molecule has 2 N–H and O–H groups in total. The SMILES string of the molecule is C/C=C\N(NC)c1cccc(C)c1.CC.O=CNCCCN1CCCCC1. The molecule has 0 saturated carbocycles. The second-order valence-electron chi connectivity index (χ2n) is 6.24. The summed E-state index contributed by atoms with van der Waals surface area (Å²) in [5, 5.41) is 4.66. The van der Waals surface area contributed by atoms with Crippen molar-refractivity contribution in [3.05, 3.63) is 42.1 Å². The normalized spacial score (nSPS) is 13.8. The molecule has 1 aliphatic heterocycles. The van der Waals surface area contributed by atoms with E-state index in [0.717, 1.165) is 31.6 Å². The molecular formula is C22H40N4O. The second-order valence-corrected chi connectivity index (χ2v) is 6.24. The molecule has 5 heteroatoms. The van der Waals surface area contributed by atoms with Crippen LogP contribution >= 0.6 is 0 Å². The van der Waals surface area contributed by atoms with Gasteiger partial charge in [0.05, 0.1) is 5.69 Å². The van der Waals surface area contributed by atoms with Crippen LogP contribution in [0.1, 0.15) is 52.0 Å². The summed E-state index contributed by atoms with van der Waals surface area (Å²) >= 11 is 0. The van der Waals surface area contributed by atoms with Gasteiger partial charge >= 0.3 is 0 Å². The quantitative estimate of drug-likeness (QED) is 0.407. The minimum absolute atomic E-state index is 0.774. The van der Waals surface area contributed by atoms with E-state index in [2.05, 4.69) is 46.8 Å². The van der Waals surface area contributed by atoms with E-state index in [1.165, 1.54) is 37.9 Å². The molecule has 5 nitrogen and oxygen atoms in total. The maximum atomic E-state index is 9.93. The second kappa shape index (κ2) is 17.6. The highest BCUT2D eigenvalue weighted by molar-refractivity contribution is 5.49. The van der Waals surface area contributed by atoms with Crippen LogP contribution in [0.5, 0.6) is 0 Å². The molecule has 154 valence electrons. The van der Waals surface area contributed by atoms with Gasteiger partial charge in [0.1, 0.15) is 0 Å². The Morgan fingerprint density at radius 1 is 1.19 bits per heavy atom. The minimum Gasteiger partial charge on any atom is -0.359 e. The van der Waals surface area contributed by atoms with Crippen molar-refractivity contribution >= 4 is 12.1 Å². The van der Waals surface area contributed by atoms with Crippen LogP contribution < -0.4 is 15.8 Å². The lowest BCUT2D eigenvalue weighted by Crippen LogP contribution is -2.32. The summed E-state index contributed by atoms with van der Waals surface area (Å²) in [6.45, 7) is 12.6. The Bertz CT molecular complexity index is 499. The predicted octanol–water partition coefficient (Wildman–Crippen LogP) is 4.10. The molecule has 0 radical (unpaired) electrons. The van der Waals surface area contributed by atoms with Crippen LogP contribution in [-0.4, -0.2) is 44.5 Å². The molecule has 0 aliphatic carbocycles. The van der Waals surface area contributed by atoms with Gasteiger partial charge in [-0.05, 0) is 70.4 Å². The number of hydrogen-bond acceptors (Lipinski definition) is 4. The third-order valence-corrected chi connectivity index (χ3v) is 4.15. The molecule has 1 heterocycles. The molecule has 0 unspecified atom stereocenters. The number of allylic oxidation sites excluding steroid dienone is 1. The summed E-state index contributed by atoms with van der Waals surface area (Å²) in [6, 6.07) is 8.35. The first kappa shape index (κ1) is 25.1. The van der Waals surface area contributed by atoms with E-state index in [1.54, 1.807) is 0 Å². The number of hydrogen-bond donors (Lipinski definition) is 2. The van der Waals surface area contributed by atoms with Crippen LogP contribution in [-0.2, 0) is 4.79 Å². The van der Waals surface area contributed by atoms with Gasteiger partial charge in [0.15, 0.2) is 0 Å². The van der Waals surface area contributed by atoms with E-state index in [1.807, 2.05) is 45.1 Å². The third kappa shape index (κ3) is 12.2. The van der Waals surface area contributed by atoms with Gasteiger partial charge in [-0.3, -0.25) is 9.80 Å². The van der Waals surface area contributed by atoms with Gasteiger partial charge in [-0.2, -0.15) is 0 Å². The molecule has 1 saturated heterocycles. The lowest BCUT2D eigenvalue weighted by atomic mass is 10.1. The number of amides is 1. The number of hydrazine groups is 1. The molecule has 1 fully saturated rings. The number of likely N-dealkylation sites (tertiary alicyclic amines) is 1. The molecule has 1 aromatic rings. The summed E-state index contributed by atoms with van der Waals surface area (Å²) < 4.78 is 0. The van der Waals surface area contributed by atoms with Crippen molar-refractivity contribution in [3.8, 4) is 0 Å². The fraction of sp³-hybridized carbons (Fsp3) is 0.591. The van der Waals surface area contributed by atoms with Crippen LogP contribution in [0.3, 0.4) is 0 Å². The number of benzene rings is 1. The topological polar surface area (TPSA) is 47.6 Å². The molecule has 27 heavy (non-hydrogen) atoms. The average Bonchev–Trinajstić information content (AvgIpc) is 2.72. The Hall–Kier alpha value is -1.85.